The van der Waals surface area contributed by atoms with Crippen LogP contribution in [0.25, 0.3) is 0 Å². The number of halogens is 1. The van der Waals surface area contributed by atoms with Crippen LogP contribution in [0.3, 0.4) is 0 Å². The molecule has 0 saturated carbocycles. The highest BCUT2D eigenvalue weighted by molar-refractivity contribution is 8.00. The SMILES string of the molecule is N#Cc1cc2c(cc1Cl)N1CCCCC1COCCCc1ccc(C(=O)O)cc1SN2. The Labute approximate surface area is 191 Å². The van der Waals surface area contributed by atoms with Crippen LogP contribution in [-0.2, 0) is 11.2 Å². The molecule has 162 valence electrons. The number of rotatable bonds is 1. The van der Waals surface area contributed by atoms with Gasteiger partial charge in [-0.1, -0.05) is 17.7 Å². The number of carboxylic acids is 1. The lowest BCUT2D eigenvalue weighted by Gasteiger charge is -2.38. The van der Waals surface area contributed by atoms with E-state index in [9.17, 15) is 15.2 Å². The number of aryl methyl sites for hydroxylation is 1. The number of hydrogen-bond donors (Lipinski definition) is 2. The van der Waals surface area contributed by atoms with Crippen LogP contribution in [-0.4, -0.2) is 36.9 Å². The smallest absolute Gasteiger partial charge is 0.335 e. The van der Waals surface area contributed by atoms with E-state index in [-0.39, 0.29) is 11.6 Å². The summed E-state index contributed by atoms with van der Waals surface area (Å²) in [4.78, 5) is 14.7. The normalized spacial score (nSPS) is 19.2. The summed E-state index contributed by atoms with van der Waals surface area (Å²) in [5, 5.41) is 19.3. The van der Waals surface area contributed by atoms with Crippen molar-refractivity contribution in [1.82, 2.24) is 0 Å². The van der Waals surface area contributed by atoms with E-state index in [1.165, 1.54) is 11.9 Å². The largest absolute Gasteiger partial charge is 0.478 e. The summed E-state index contributed by atoms with van der Waals surface area (Å²) in [6, 6.07) is 11.3. The number of carbonyl (C=O) groups is 1. The lowest BCUT2D eigenvalue weighted by atomic mass is 10.0. The average Bonchev–Trinajstić information content (AvgIpc) is 2.79. The number of nitriles is 1. The van der Waals surface area contributed by atoms with Crippen LogP contribution >= 0.6 is 23.5 Å². The maximum atomic E-state index is 11.5. The van der Waals surface area contributed by atoms with Crippen LogP contribution < -0.4 is 9.62 Å². The Morgan fingerprint density at radius 2 is 2.16 bits per heavy atom. The standard InChI is InChI=1S/C23H24ClN3O3S/c24-19-12-21-20(10-17(19)13-25)26-31-22-11-16(23(28)29)7-6-15(22)4-3-9-30-14-18-5-1-2-8-27(18)21/h6-7,10-12,18,26H,1-5,8-9,14H2,(H,28,29). The van der Waals surface area contributed by atoms with Gasteiger partial charge >= 0.3 is 5.97 Å². The number of anilines is 2. The molecular formula is C23H24ClN3O3S. The molecule has 2 heterocycles. The molecule has 2 N–H and O–H groups in total. The zero-order valence-electron chi connectivity index (χ0n) is 17.1. The Hall–Kier alpha value is -2.40. The van der Waals surface area contributed by atoms with Gasteiger partial charge in [-0.15, -0.1) is 0 Å². The van der Waals surface area contributed by atoms with E-state index in [0.717, 1.165) is 60.5 Å². The molecule has 1 atom stereocenters. The first-order valence-corrected chi connectivity index (χ1v) is 11.6. The number of benzene rings is 2. The monoisotopic (exact) mass is 457 g/mol. The van der Waals surface area contributed by atoms with Gasteiger partial charge in [0.2, 0.25) is 0 Å². The van der Waals surface area contributed by atoms with Gasteiger partial charge < -0.3 is 19.5 Å². The van der Waals surface area contributed by atoms with Crippen molar-refractivity contribution in [2.75, 3.05) is 29.4 Å². The molecule has 0 aliphatic carbocycles. The van der Waals surface area contributed by atoms with Crippen molar-refractivity contribution >= 4 is 40.9 Å². The molecular weight excluding hydrogens is 434 g/mol. The van der Waals surface area contributed by atoms with Crippen molar-refractivity contribution in [3.05, 3.63) is 52.0 Å². The van der Waals surface area contributed by atoms with E-state index in [2.05, 4.69) is 15.7 Å². The van der Waals surface area contributed by atoms with E-state index in [4.69, 9.17) is 16.3 Å². The first kappa shape index (κ1) is 21.8. The minimum absolute atomic E-state index is 0.249. The van der Waals surface area contributed by atoms with E-state index in [1.54, 1.807) is 18.2 Å². The van der Waals surface area contributed by atoms with Crippen molar-refractivity contribution in [2.45, 2.75) is 43.0 Å². The molecule has 2 aromatic rings. The summed E-state index contributed by atoms with van der Waals surface area (Å²) in [6.07, 6.45) is 4.96. The molecule has 0 spiro atoms. The molecule has 1 saturated heterocycles. The second-order valence-electron chi connectivity index (χ2n) is 7.81. The highest BCUT2D eigenvalue weighted by atomic mass is 35.5. The Morgan fingerprint density at radius 3 is 2.97 bits per heavy atom. The van der Waals surface area contributed by atoms with Crippen molar-refractivity contribution in [3.8, 4) is 6.07 Å². The van der Waals surface area contributed by atoms with E-state index < -0.39 is 5.97 Å². The third kappa shape index (κ3) is 4.93. The molecule has 6 nitrogen and oxygen atoms in total. The van der Waals surface area contributed by atoms with Crippen LogP contribution in [0.15, 0.2) is 35.2 Å². The Morgan fingerprint density at radius 1 is 1.29 bits per heavy atom. The number of aromatic carboxylic acids is 1. The molecule has 0 aromatic heterocycles. The van der Waals surface area contributed by atoms with E-state index in [1.807, 2.05) is 12.1 Å². The molecule has 2 aromatic carbocycles. The van der Waals surface area contributed by atoms with Gasteiger partial charge in [0.05, 0.1) is 40.2 Å². The number of hydrogen-bond acceptors (Lipinski definition) is 6. The van der Waals surface area contributed by atoms with Gasteiger partial charge in [0.15, 0.2) is 0 Å². The fourth-order valence-corrected chi connectivity index (χ4v) is 5.21. The van der Waals surface area contributed by atoms with Crippen molar-refractivity contribution in [3.63, 3.8) is 0 Å². The van der Waals surface area contributed by atoms with Crippen LogP contribution in [0, 0.1) is 11.3 Å². The number of piperidine rings is 1. The van der Waals surface area contributed by atoms with Crippen LogP contribution in [0.2, 0.25) is 5.02 Å². The Bertz CT molecular complexity index is 1020. The van der Waals surface area contributed by atoms with Crippen molar-refractivity contribution in [1.29, 1.82) is 5.26 Å². The first-order valence-electron chi connectivity index (χ1n) is 10.4. The zero-order chi connectivity index (χ0) is 21.8. The molecule has 4 rings (SSSR count). The van der Waals surface area contributed by atoms with Gasteiger partial charge in [0.1, 0.15) is 6.07 Å². The molecule has 0 radical (unpaired) electrons. The summed E-state index contributed by atoms with van der Waals surface area (Å²) >= 11 is 7.77. The quantitative estimate of drug-likeness (QED) is 0.558. The van der Waals surface area contributed by atoms with Crippen molar-refractivity contribution < 1.29 is 14.6 Å². The average molecular weight is 458 g/mol. The number of nitrogens with one attached hydrogen (secondary N) is 1. The molecule has 0 bridgehead atoms. The van der Waals surface area contributed by atoms with Crippen LogP contribution in [0.5, 0.6) is 0 Å². The number of ether oxygens (including phenoxy) is 1. The summed E-state index contributed by atoms with van der Waals surface area (Å²) < 4.78 is 9.43. The molecule has 1 fully saturated rings. The second kappa shape index (κ2) is 9.82. The third-order valence-corrected chi connectivity index (χ3v) is 7.01. The highest BCUT2D eigenvalue weighted by Crippen LogP contribution is 2.39. The summed E-state index contributed by atoms with van der Waals surface area (Å²) in [7, 11) is 0. The Balaban J connectivity index is 1.76. The highest BCUT2D eigenvalue weighted by Gasteiger charge is 2.26. The molecule has 2 aliphatic heterocycles. The van der Waals surface area contributed by atoms with Gasteiger partial charge in [-0.05, 0) is 73.9 Å². The van der Waals surface area contributed by atoms with Gasteiger partial charge in [-0.2, -0.15) is 5.26 Å². The second-order valence-corrected chi connectivity index (χ2v) is 9.07. The Kier molecular flexibility index (Phi) is 6.91. The zero-order valence-corrected chi connectivity index (χ0v) is 18.6. The van der Waals surface area contributed by atoms with Gasteiger partial charge in [-0.25, -0.2) is 4.79 Å². The maximum Gasteiger partial charge on any atom is 0.335 e. The molecule has 8 heteroatoms. The fraction of sp³-hybridized carbons (Fsp3) is 0.391. The summed E-state index contributed by atoms with van der Waals surface area (Å²) in [5.74, 6) is -0.954. The lowest BCUT2D eigenvalue weighted by molar-refractivity contribution is 0.0696. The molecule has 2 aliphatic rings. The minimum atomic E-state index is -0.954. The van der Waals surface area contributed by atoms with E-state index >= 15 is 0 Å². The fourth-order valence-electron chi connectivity index (χ4n) is 4.14. The lowest BCUT2D eigenvalue weighted by Crippen LogP contribution is -2.43. The van der Waals surface area contributed by atoms with Gasteiger partial charge in [0, 0.05) is 18.0 Å². The number of nitrogens with zero attached hydrogens (tertiary/aromatic N) is 2. The molecule has 0 amide bonds. The molecule has 31 heavy (non-hydrogen) atoms. The van der Waals surface area contributed by atoms with Crippen LogP contribution in [0.4, 0.5) is 11.4 Å². The minimum Gasteiger partial charge on any atom is -0.478 e. The summed E-state index contributed by atoms with van der Waals surface area (Å²) in [6.45, 7) is 2.20. The van der Waals surface area contributed by atoms with E-state index in [0.29, 0.717) is 23.8 Å². The third-order valence-electron chi connectivity index (χ3n) is 5.77. The summed E-state index contributed by atoms with van der Waals surface area (Å²) in [5.41, 5.74) is 3.46. The topological polar surface area (TPSA) is 85.6 Å². The van der Waals surface area contributed by atoms with Crippen LogP contribution in [0.1, 0.15) is 47.2 Å². The number of fused-ring (bicyclic) bond motifs is 4. The van der Waals surface area contributed by atoms with Gasteiger partial charge in [-0.3, -0.25) is 0 Å². The number of carboxylic acid groups (broad SMARTS) is 1. The first-order chi connectivity index (χ1) is 15.1. The predicted octanol–water partition coefficient (Wildman–Crippen LogP) is 5.35. The predicted molar refractivity (Wildman–Crippen MR) is 123 cm³/mol. The maximum absolute atomic E-state index is 11.5. The van der Waals surface area contributed by atoms with Gasteiger partial charge in [0.25, 0.3) is 0 Å². The molecule has 1 unspecified atom stereocenters. The van der Waals surface area contributed by atoms with Crippen molar-refractivity contribution in [2.24, 2.45) is 0 Å².